The fourth-order valence-electron chi connectivity index (χ4n) is 2.23. The van der Waals surface area contributed by atoms with Gasteiger partial charge in [-0.15, -0.1) is 0 Å². The Kier molecular flexibility index (Phi) is 2.42. The molecule has 2 rings (SSSR count). The third-order valence-electron chi connectivity index (χ3n) is 3.28. The fourth-order valence-corrected chi connectivity index (χ4v) is 2.23. The molecule has 0 saturated carbocycles. The lowest BCUT2D eigenvalue weighted by Crippen LogP contribution is -2.49. The van der Waals surface area contributed by atoms with E-state index in [0.717, 1.165) is 31.6 Å². The first-order chi connectivity index (χ1) is 7.18. The fraction of sp³-hybridized carbons (Fsp3) is 0.545. The summed E-state index contributed by atoms with van der Waals surface area (Å²) in [5, 5.41) is 2.84. The second-order valence-electron chi connectivity index (χ2n) is 4.08. The number of nitrogens with one attached hydrogen (secondary N) is 1. The monoisotopic (exact) mass is 207 g/mol. The van der Waals surface area contributed by atoms with Crippen molar-refractivity contribution >= 4 is 6.03 Å². The van der Waals surface area contributed by atoms with E-state index in [1.54, 1.807) is 0 Å². The van der Waals surface area contributed by atoms with E-state index in [0.29, 0.717) is 0 Å². The van der Waals surface area contributed by atoms with Gasteiger partial charge in [-0.1, -0.05) is 19.1 Å². The van der Waals surface area contributed by atoms with Crippen LogP contribution in [0.1, 0.15) is 19.8 Å². The van der Waals surface area contributed by atoms with Gasteiger partial charge in [-0.3, -0.25) is 0 Å². The number of amides is 2. The van der Waals surface area contributed by atoms with Crippen LogP contribution < -0.4 is 11.1 Å². The number of carbonyl (C=O) groups is 1. The first kappa shape index (κ1) is 10.1. The molecule has 1 aliphatic heterocycles. The third-order valence-corrected chi connectivity index (χ3v) is 3.28. The van der Waals surface area contributed by atoms with Gasteiger partial charge < -0.3 is 16.0 Å². The van der Waals surface area contributed by atoms with Crippen LogP contribution in [0, 0.1) is 0 Å². The minimum Gasteiger partial charge on any atom is -0.399 e. The zero-order valence-electron chi connectivity index (χ0n) is 8.99. The number of urea groups is 1. The molecule has 1 heterocycles. The second-order valence-corrected chi connectivity index (χ2v) is 4.08. The van der Waals surface area contributed by atoms with E-state index in [4.69, 9.17) is 5.73 Å². The number of hydrogen-bond acceptors (Lipinski definition) is 2. The molecule has 1 aliphatic carbocycles. The summed E-state index contributed by atoms with van der Waals surface area (Å²) in [6.45, 7) is 3.63. The van der Waals surface area contributed by atoms with Crippen molar-refractivity contribution in [1.82, 2.24) is 10.2 Å². The Morgan fingerprint density at radius 2 is 2.47 bits per heavy atom. The average molecular weight is 207 g/mol. The van der Waals surface area contributed by atoms with E-state index in [1.807, 2.05) is 17.1 Å². The molecule has 1 fully saturated rings. The third kappa shape index (κ3) is 1.60. The van der Waals surface area contributed by atoms with Gasteiger partial charge in [0.05, 0.1) is 5.54 Å². The van der Waals surface area contributed by atoms with Crippen LogP contribution in [-0.4, -0.2) is 29.6 Å². The van der Waals surface area contributed by atoms with Gasteiger partial charge in [0.15, 0.2) is 0 Å². The van der Waals surface area contributed by atoms with Gasteiger partial charge in [0.25, 0.3) is 0 Å². The molecule has 0 bridgehead atoms. The highest BCUT2D eigenvalue weighted by Crippen LogP contribution is 2.30. The van der Waals surface area contributed by atoms with Gasteiger partial charge >= 0.3 is 6.03 Å². The molecule has 0 radical (unpaired) electrons. The van der Waals surface area contributed by atoms with Gasteiger partial charge in [0.2, 0.25) is 0 Å². The zero-order chi connectivity index (χ0) is 10.9. The SMILES string of the molecule is CCC1(N2CCNC2=O)C=CC(N)=CC1. The molecule has 4 nitrogen and oxygen atoms in total. The van der Waals surface area contributed by atoms with Crippen LogP contribution in [-0.2, 0) is 0 Å². The maximum Gasteiger partial charge on any atom is 0.318 e. The zero-order valence-corrected chi connectivity index (χ0v) is 8.99. The Labute approximate surface area is 89.8 Å². The van der Waals surface area contributed by atoms with Gasteiger partial charge in [-0.2, -0.15) is 0 Å². The molecule has 82 valence electrons. The van der Waals surface area contributed by atoms with Gasteiger partial charge in [-0.05, 0) is 18.9 Å². The summed E-state index contributed by atoms with van der Waals surface area (Å²) >= 11 is 0. The van der Waals surface area contributed by atoms with Crippen molar-refractivity contribution in [3.05, 3.63) is 23.9 Å². The minimum atomic E-state index is -0.163. The molecule has 0 aromatic rings. The molecule has 0 aromatic carbocycles. The van der Waals surface area contributed by atoms with E-state index in [-0.39, 0.29) is 11.6 Å². The van der Waals surface area contributed by atoms with Gasteiger partial charge in [0.1, 0.15) is 0 Å². The lowest BCUT2D eigenvalue weighted by atomic mass is 9.86. The summed E-state index contributed by atoms with van der Waals surface area (Å²) in [6, 6.07) is 0.0374. The van der Waals surface area contributed by atoms with Crippen LogP contribution in [0.3, 0.4) is 0 Å². The molecule has 1 saturated heterocycles. The van der Waals surface area contributed by atoms with Gasteiger partial charge in [0, 0.05) is 18.8 Å². The lowest BCUT2D eigenvalue weighted by Gasteiger charge is -2.39. The first-order valence-corrected chi connectivity index (χ1v) is 5.38. The van der Waals surface area contributed by atoms with Crippen molar-refractivity contribution in [2.24, 2.45) is 5.73 Å². The molecule has 15 heavy (non-hydrogen) atoms. The number of carbonyl (C=O) groups excluding carboxylic acids is 1. The van der Waals surface area contributed by atoms with Crippen LogP contribution in [0.5, 0.6) is 0 Å². The van der Waals surface area contributed by atoms with Crippen LogP contribution in [0.2, 0.25) is 0 Å². The van der Waals surface area contributed by atoms with Crippen molar-refractivity contribution in [1.29, 1.82) is 0 Å². The highest BCUT2D eigenvalue weighted by Gasteiger charge is 2.38. The van der Waals surface area contributed by atoms with Crippen molar-refractivity contribution in [3.63, 3.8) is 0 Å². The maximum atomic E-state index is 11.6. The average Bonchev–Trinajstić information content (AvgIpc) is 2.67. The van der Waals surface area contributed by atoms with Crippen molar-refractivity contribution < 1.29 is 4.79 Å². The van der Waals surface area contributed by atoms with Crippen LogP contribution in [0.25, 0.3) is 0 Å². The van der Waals surface area contributed by atoms with E-state index < -0.39 is 0 Å². The number of hydrogen-bond donors (Lipinski definition) is 2. The Hall–Kier alpha value is -1.45. The molecule has 1 unspecified atom stereocenters. The summed E-state index contributed by atoms with van der Waals surface area (Å²) in [6.07, 6.45) is 7.70. The molecule has 1 atom stereocenters. The quantitative estimate of drug-likeness (QED) is 0.708. The smallest absolute Gasteiger partial charge is 0.318 e. The predicted molar refractivity (Wildman–Crippen MR) is 59.2 cm³/mol. The first-order valence-electron chi connectivity index (χ1n) is 5.38. The summed E-state index contributed by atoms with van der Waals surface area (Å²) in [5.74, 6) is 0. The Morgan fingerprint density at radius 1 is 1.67 bits per heavy atom. The summed E-state index contributed by atoms with van der Waals surface area (Å²) < 4.78 is 0. The molecular formula is C11H17N3O. The molecule has 2 amide bonds. The minimum absolute atomic E-state index is 0.0374. The summed E-state index contributed by atoms with van der Waals surface area (Å²) in [4.78, 5) is 13.6. The van der Waals surface area contributed by atoms with Crippen LogP contribution in [0.15, 0.2) is 23.9 Å². The number of rotatable bonds is 2. The molecule has 4 heteroatoms. The van der Waals surface area contributed by atoms with Crippen LogP contribution >= 0.6 is 0 Å². The number of allylic oxidation sites excluding steroid dienone is 1. The topological polar surface area (TPSA) is 58.4 Å². The highest BCUT2D eigenvalue weighted by atomic mass is 16.2. The largest absolute Gasteiger partial charge is 0.399 e. The molecular weight excluding hydrogens is 190 g/mol. The van der Waals surface area contributed by atoms with E-state index in [2.05, 4.69) is 18.3 Å². The molecule has 2 aliphatic rings. The standard InChI is InChI=1S/C11H17N3O/c1-2-11(5-3-9(12)4-6-11)14-8-7-13-10(14)15/h3-5H,2,6-8,12H2,1H3,(H,13,15). The van der Waals surface area contributed by atoms with Crippen molar-refractivity contribution in [2.75, 3.05) is 13.1 Å². The van der Waals surface area contributed by atoms with E-state index in [1.165, 1.54) is 0 Å². The molecule has 0 spiro atoms. The Morgan fingerprint density at radius 3 is 2.93 bits per heavy atom. The molecule has 0 aromatic heterocycles. The number of nitrogens with two attached hydrogens (primary N) is 1. The Bertz CT molecular complexity index is 335. The maximum absolute atomic E-state index is 11.6. The highest BCUT2D eigenvalue weighted by molar-refractivity contribution is 5.77. The van der Waals surface area contributed by atoms with Gasteiger partial charge in [-0.25, -0.2) is 4.79 Å². The normalized spacial score (nSPS) is 30.3. The number of nitrogens with zero attached hydrogens (tertiary/aromatic N) is 1. The lowest BCUT2D eigenvalue weighted by molar-refractivity contribution is 0.163. The van der Waals surface area contributed by atoms with Crippen LogP contribution in [0.4, 0.5) is 4.79 Å². The van der Waals surface area contributed by atoms with Crippen molar-refractivity contribution in [2.45, 2.75) is 25.3 Å². The summed E-state index contributed by atoms with van der Waals surface area (Å²) in [5.41, 5.74) is 6.33. The van der Waals surface area contributed by atoms with Crippen molar-refractivity contribution in [3.8, 4) is 0 Å². The second kappa shape index (κ2) is 3.61. The van der Waals surface area contributed by atoms with E-state index in [9.17, 15) is 4.79 Å². The molecule has 3 N–H and O–H groups in total. The Balaban J connectivity index is 2.23. The summed E-state index contributed by atoms with van der Waals surface area (Å²) in [7, 11) is 0. The van der Waals surface area contributed by atoms with E-state index >= 15 is 0 Å². The predicted octanol–water partition coefficient (Wildman–Crippen LogP) is 0.963.